The Morgan fingerprint density at radius 3 is 2.36 bits per heavy atom. The number of hydrogen-bond acceptors (Lipinski definition) is 5. The van der Waals surface area contributed by atoms with Crippen molar-refractivity contribution in [3.05, 3.63) is 87.4 Å². The molecule has 3 rings (SSSR count). The van der Waals surface area contributed by atoms with Gasteiger partial charge in [-0.1, -0.05) is 18.2 Å². The Hall–Kier alpha value is -4.30. The molecule has 7 nitrogen and oxygen atoms in total. The third kappa shape index (κ3) is 8.35. The first-order valence-electron chi connectivity index (χ1n) is 11.6. The lowest BCUT2D eigenvalue weighted by molar-refractivity contribution is -0.137. The number of anilines is 2. The standard InChI is InChI=1S/C28H23BrF3N3O4/c1-3-38-24-13-18(11-19(15-33)27(37)35-22-9-5-7-20(14-22)28(30,31)32)12-23(29)26(24)39-16-25(36)34-21-8-4-6-17(2)10-21/h4-14H,3,16H2,1-2H3,(H,34,36)(H,35,37)/b19-11+. The normalized spacial score (nSPS) is 11.4. The number of alkyl halides is 3. The van der Waals surface area contributed by atoms with Crippen molar-refractivity contribution in [3.8, 4) is 17.6 Å². The summed E-state index contributed by atoms with van der Waals surface area (Å²) in [6.07, 6.45) is -3.33. The van der Waals surface area contributed by atoms with Crippen molar-refractivity contribution in [1.29, 1.82) is 5.26 Å². The number of carbonyl (C=O) groups is 2. The number of benzene rings is 3. The van der Waals surface area contributed by atoms with E-state index < -0.39 is 23.6 Å². The number of carbonyl (C=O) groups excluding carboxylic acids is 2. The van der Waals surface area contributed by atoms with Crippen LogP contribution in [0, 0.1) is 18.3 Å². The number of nitrogens with one attached hydrogen (secondary N) is 2. The zero-order chi connectivity index (χ0) is 28.6. The molecule has 3 aromatic carbocycles. The highest BCUT2D eigenvalue weighted by atomic mass is 79.9. The highest BCUT2D eigenvalue weighted by Gasteiger charge is 2.30. The first-order valence-corrected chi connectivity index (χ1v) is 12.4. The van der Waals surface area contributed by atoms with Gasteiger partial charge in [0.25, 0.3) is 11.8 Å². The molecule has 0 spiro atoms. The zero-order valence-corrected chi connectivity index (χ0v) is 22.4. The van der Waals surface area contributed by atoms with Crippen molar-refractivity contribution in [2.24, 2.45) is 0 Å². The van der Waals surface area contributed by atoms with Gasteiger partial charge in [-0.2, -0.15) is 18.4 Å². The van der Waals surface area contributed by atoms with Gasteiger partial charge in [-0.3, -0.25) is 9.59 Å². The van der Waals surface area contributed by atoms with Gasteiger partial charge in [0.15, 0.2) is 18.1 Å². The summed E-state index contributed by atoms with van der Waals surface area (Å²) < 4.78 is 50.6. The first-order chi connectivity index (χ1) is 18.5. The van der Waals surface area contributed by atoms with Crippen molar-refractivity contribution < 1.29 is 32.2 Å². The fraction of sp³-hybridized carbons (Fsp3) is 0.179. The minimum atomic E-state index is -4.58. The van der Waals surface area contributed by atoms with E-state index in [1.54, 1.807) is 25.1 Å². The highest BCUT2D eigenvalue weighted by Crippen LogP contribution is 2.38. The van der Waals surface area contributed by atoms with Crippen LogP contribution in [-0.4, -0.2) is 25.0 Å². The molecule has 0 radical (unpaired) electrons. The van der Waals surface area contributed by atoms with E-state index in [0.717, 1.165) is 23.8 Å². The predicted octanol–water partition coefficient (Wildman–Crippen LogP) is 6.74. The van der Waals surface area contributed by atoms with Crippen LogP contribution in [0.1, 0.15) is 23.6 Å². The van der Waals surface area contributed by atoms with Crippen LogP contribution in [0.15, 0.2) is 70.7 Å². The van der Waals surface area contributed by atoms with E-state index in [4.69, 9.17) is 9.47 Å². The Bertz CT molecular complexity index is 1450. The smallest absolute Gasteiger partial charge is 0.416 e. The van der Waals surface area contributed by atoms with E-state index >= 15 is 0 Å². The van der Waals surface area contributed by atoms with E-state index in [0.29, 0.717) is 15.7 Å². The average Bonchev–Trinajstić information content (AvgIpc) is 2.86. The second kappa shape index (κ2) is 13.0. The summed E-state index contributed by atoms with van der Waals surface area (Å²) in [5.74, 6) is -0.798. The summed E-state index contributed by atoms with van der Waals surface area (Å²) in [5, 5.41) is 14.6. The van der Waals surface area contributed by atoms with Gasteiger partial charge in [0.1, 0.15) is 11.6 Å². The molecule has 0 saturated heterocycles. The highest BCUT2D eigenvalue weighted by molar-refractivity contribution is 9.10. The lowest BCUT2D eigenvalue weighted by Gasteiger charge is -2.15. The molecule has 0 saturated carbocycles. The van der Waals surface area contributed by atoms with Crippen LogP contribution in [0.2, 0.25) is 0 Å². The molecule has 0 aliphatic carbocycles. The molecular weight excluding hydrogens is 579 g/mol. The van der Waals surface area contributed by atoms with E-state index in [2.05, 4.69) is 26.6 Å². The van der Waals surface area contributed by atoms with Crippen LogP contribution in [0.25, 0.3) is 6.08 Å². The Morgan fingerprint density at radius 1 is 1.03 bits per heavy atom. The van der Waals surface area contributed by atoms with Crippen molar-refractivity contribution in [3.63, 3.8) is 0 Å². The molecule has 0 unspecified atom stereocenters. The van der Waals surface area contributed by atoms with Gasteiger partial charge in [0, 0.05) is 11.4 Å². The second-order valence-electron chi connectivity index (χ2n) is 8.17. The van der Waals surface area contributed by atoms with Gasteiger partial charge >= 0.3 is 6.18 Å². The van der Waals surface area contributed by atoms with Crippen LogP contribution < -0.4 is 20.1 Å². The lowest BCUT2D eigenvalue weighted by Crippen LogP contribution is -2.20. The first kappa shape index (κ1) is 29.3. The molecule has 0 heterocycles. The van der Waals surface area contributed by atoms with Crippen LogP contribution in [0.5, 0.6) is 11.5 Å². The number of halogens is 4. The van der Waals surface area contributed by atoms with E-state index in [1.165, 1.54) is 18.2 Å². The molecule has 0 fully saturated rings. The summed E-state index contributed by atoms with van der Waals surface area (Å²) in [4.78, 5) is 25.0. The minimum Gasteiger partial charge on any atom is -0.490 e. The van der Waals surface area contributed by atoms with Gasteiger partial charge in [-0.05, 0) is 89.4 Å². The third-order valence-electron chi connectivity index (χ3n) is 5.10. The largest absolute Gasteiger partial charge is 0.490 e. The van der Waals surface area contributed by atoms with Crippen LogP contribution >= 0.6 is 15.9 Å². The molecule has 202 valence electrons. The van der Waals surface area contributed by atoms with Gasteiger partial charge < -0.3 is 20.1 Å². The van der Waals surface area contributed by atoms with Crippen molar-refractivity contribution in [2.75, 3.05) is 23.8 Å². The molecule has 0 atom stereocenters. The summed E-state index contributed by atoms with van der Waals surface area (Å²) in [6.45, 7) is 3.59. The quantitative estimate of drug-likeness (QED) is 0.209. The number of ether oxygens (including phenoxy) is 2. The van der Waals surface area contributed by atoms with E-state index in [9.17, 15) is 28.0 Å². The molecular formula is C28H23BrF3N3O4. The number of amides is 2. The number of hydrogen-bond donors (Lipinski definition) is 2. The molecule has 2 amide bonds. The summed E-state index contributed by atoms with van der Waals surface area (Å²) in [5.41, 5.74) is 0.585. The minimum absolute atomic E-state index is 0.111. The molecule has 2 N–H and O–H groups in total. The van der Waals surface area contributed by atoms with Crippen molar-refractivity contribution in [2.45, 2.75) is 20.0 Å². The molecule has 3 aromatic rings. The SMILES string of the molecule is CCOc1cc(/C=C(\C#N)C(=O)Nc2cccc(C(F)(F)F)c2)cc(Br)c1OCC(=O)Nc1cccc(C)c1. The van der Waals surface area contributed by atoms with Gasteiger partial charge in [0.2, 0.25) is 0 Å². The Morgan fingerprint density at radius 2 is 1.72 bits per heavy atom. The zero-order valence-electron chi connectivity index (χ0n) is 20.9. The monoisotopic (exact) mass is 601 g/mol. The fourth-order valence-electron chi connectivity index (χ4n) is 3.42. The van der Waals surface area contributed by atoms with E-state index in [1.807, 2.05) is 25.1 Å². The maximum absolute atomic E-state index is 13.0. The number of nitriles is 1. The molecule has 0 aliphatic rings. The van der Waals surface area contributed by atoms with Gasteiger partial charge in [-0.15, -0.1) is 0 Å². The Balaban J connectivity index is 1.78. The van der Waals surface area contributed by atoms with E-state index in [-0.39, 0.29) is 36.0 Å². The number of aryl methyl sites for hydroxylation is 1. The van der Waals surface area contributed by atoms with Crippen LogP contribution in [0.4, 0.5) is 24.5 Å². The average molecular weight is 602 g/mol. The molecule has 0 aliphatic heterocycles. The predicted molar refractivity (Wildman–Crippen MR) is 144 cm³/mol. The molecule has 0 aromatic heterocycles. The lowest BCUT2D eigenvalue weighted by atomic mass is 10.1. The van der Waals surface area contributed by atoms with Gasteiger partial charge in [0.05, 0.1) is 16.6 Å². The second-order valence-corrected chi connectivity index (χ2v) is 9.03. The van der Waals surface area contributed by atoms with Gasteiger partial charge in [-0.25, -0.2) is 0 Å². The summed E-state index contributed by atoms with van der Waals surface area (Å²) in [7, 11) is 0. The molecule has 11 heteroatoms. The Labute approximate surface area is 231 Å². The van der Waals surface area contributed by atoms with Crippen molar-refractivity contribution >= 4 is 45.2 Å². The molecule has 39 heavy (non-hydrogen) atoms. The summed E-state index contributed by atoms with van der Waals surface area (Å²) >= 11 is 3.37. The van der Waals surface area contributed by atoms with Crippen molar-refractivity contribution in [1.82, 2.24) is 0 Å². The maximum Gasteiger partial charge on any atom is 0.416 e. The summed E-state index contributed by atoms with van der Waals surface area (Å²) in [6, 6.07) is 16.2. The molecule has 0 bridgehead atoms. The third-order valence-corrected chi connectivity index (χ3v) is 5.69. The number of nitrogens with zero attached hydrogens (tertiary/aromatic N) is 1. The maximum atomic E-state index is 13.0. The van der Waals surface area contributed by atoms with Crippen LogP contribution in [-0.2, 0) is 15.8 Å². The topological polar surface area (TPSA) is 100 Å². The Kier molecular flexibility index (Phi) is 9.73. The van der Waals surface area contributed by atoms with Crippen LogP contribution in [0.3, 0.4) is 0 Å². The number of rotatable bonds is 9. The fourth-order valence-corrected chi connectivity index (χ4v) is 3.99.